The molecular formula is C21H26F2N6O2. The van der Waals surface area contributed by atoms with Crippen LogP contribution < -0.4 is 10.1 Å². The number of pyridine rings is 2. The number of fused-ring (bicyclic) bond motifs is 1. The minimum Gasteiger partial charge on any atom is -0.471 e. The van der Waals surface area contributed by atoms with Crippen LogP contribution in [0.3, 0.4) is 0 Å². The van der Waals surface area contributed by atoms with Crippen LogP contribution in [-0.2, 0) is 17.8 Å². The predicted molar refractivity (Wildman–Crippen MR) is 112 cm³/mol. The van der Waals surface area contributed by atoms with Crippen molar-refractivity contribution in [3.8, 4) is 5.88 Å². The van der Waals surface area contributed by atoms with E-state index in [1.807, 2.05) is 31.3 Å². The van der Waals surface area contributed by atoms with Crippen molar-refractivity contribution in [3.63, 3.8) is 0 Å². The van der Waals surface area contributed by atoms with Crippen molar-refractivity contribution in [1.82, 2.24) is 30.0 Å². The first-order valence-corrected chi connectivity index (χ1v) is 9.90. The Kier molecular flexibility index (Phi) is 7.45. The van der Waals surface area contributed by atoms with Crippen molar-refractivity contribution in [2.45, 2.75) is 26.3 Å². The van der Waals surface area contributed by atoms with Gasteiger partial charge in [0.25, 0.3) is 6.43 Å². The quantitative estimate of drug-likeness (QED) is 0.528. The van der Waals surface area contributed by atoms with E-state index in [9.17, 15) is 13.6 Å². The number of carbonyl (C=O) groups is 1. The Morgan fingerprint density at radius 3 is 2.84 bits per heavy atom. The third-order valence-corrected chi connectivity index (χ3v) is 4.55. The molecule has 1 amide bonds. The molecule has 3 rings (SSSR count). The monoisotopic (exact) mass is 432 g/mol. The van der Waals surface area contributed by atoms with Gasteiger partial charge in [-0.1, -0.05) is 0 Å². The standard InChI is InChI=1S/C21H26F2N6O2/c1-14-8-15(10-26-21(14)31-13-19(22)23)11-29-12-16-17(27-29)4-5-24-18(16)9-20(30)25-6-7-28(2)3/h4-5,8,10,12,19H,6-7,9,11,13H2,1-3H3,(H,25,30). The molecule has 3 aromatic rings. The minimum atomic E-state index is -2.55. The molecular weight excluding hydrogens is 406 g/mol. The van der Waals surface area contributed by atoms with Crippen molar-refractivity contribution in [1.29, 1.82) is 0 Å². The number of ether oxygens (including phenoxy) is 1. The SMILES string of the molecule is Cc1cc(Cn2cc3c(CC(=O)NCCN(C)C)nccc3n2)cnc1OCC(F)F. The Balaban J connectivity index is 1.69. The first-order valence-electron chi connectivity index (χ1n) is 9.90. The van der Waals surface area contributed by atoms with E-state index in [1.165, 1.54) is 0 Å². The van der Waals surface area contributed by atoms with Gasteiger partial charge in [-0.05, 0) is 38.7 Å². The highest BCUT2D eigenvalue weighted by Crippen LogP contribution is 2.19. The fourth-order valence-corrected chi connectivity index (χ4v) is 3.09. The van der Waals surface area contributed by atoms with Crippen LogP contribution in [0.15, 0.2) is 30.7 Å². The van der Waals surface area contributed by atoms with E-state index in [0.29, 0.717) is 24.3 Å². The molecule has 0 radical (unpaired) electrons. The van der Waals surface area contributed by atoms with Gasteiger partial charge >= 0.3 is 0 Å². The second-order valence-electron chi connectivity index (χ2n) is 7.51. The number of halogens is 2. The Morgan fingerprint density at radius 1 is 1.32 bits per heavy atom. The predicted octanol–water partition coefficient (Wildman–Crippen LogP) is 2.05. The van der Waals surface area contributed by atoms with Gasteiger partial charge in [-0.25, -0.2) is 13.8 Å². The fraction of sp³-hybridized carbons (Fsp3) is 0.429. The molecule has 166 valence electrons. The number of likely N-dealkylation sites (N-methyl/N-ethyl adjacent to an activating group) is 1. The number of nitrogens with one attached hydrogen (secondary N) is 1. The maximum Gasteiger partial charge on any atom is 0.272 e. The highest BCUT2D eigenvalue weighted by molar-refractivity contribution is 5.86. The zero-order valence-corrected chi connectivity index (χ0v) is 17.8. The molecule has 0 bridgehead atoms. The van der Waals surface area contributed by atoms with Crippen LogP contribution in [0.4, 0.5) is 8.78 Å². The van der Waals surface area contributed by atoms with Crippen LogP contribution in [0.1, 0.15) is 16.8 Å². The van der Waals surface area contributed by atoms with E-state index in [1.54, 1.807) is 30.1 Å². The topological polar surface area (TPSA) is 85.2 Å². The van der Waals surface area contributed by atoms with Crippen LogP contribution in [0.2, 0.25) is 0 Å². The number of hydrogen-bond acceptors (Lipinski definition) is 6. The average Bonchev–Trinajstić information content (AvgIpc) is 3.10. The summed E-state index contributed by atoms with van der Waals surface area (Å²) in [6.45, 7) is 2.85. The highest BCUT2D eigenvalue weighted by atomic mass is 19.3. The molecule has 0 aliphatic heterocycles. The second kappa shape index (κ2) is 10.3. The molecule has 8 nitrogen and oxygen atoms in total. The highest BCUT2D eigenvalue weighted by Gasteiger charge is 2.12. The Bertz CT molecular complexity index is 1040. The summed E-state index contributed by atoms with van der Waals surface area (Å²) in [4.78, 5) is 22.7. The molecule has 0 aliphatic rings. The molecule has 3 heterocycles. The van der Waals surface area contributed by atoms with Gasteiger partial charge in [0.2, 0.25) is 11.8 Å². The third kappa shape index (κ3) is 6.42. The first-order chi connectivity index (χ1) is 14.8. The summed E-state index contributed by atoms with van der Waals surface area (Å²) < 4.78 is 31.4. The van der Waals surface area contributed by atoms with Crippen molar-refractivity contribution >= 4 is 16.8 Å². The third-order valence-electron chi connectivity index (χ3n) is 4.55. The number of amides is 1. The van der Waals surface area contributed by atoms with E-state index in [-0.39, 0.29) is 18.2 Å². The lowest BCUT2D eigenvalue weighted by molar-refractivity contribution is -0.120. The summed E-state index contributed by atoms with van der Waals surface area (Å²) in [5.74, 6) is 0.107. The Labute approximate surface area is 179 Å². The van der Waals surface area contributed by atoms with Crippen molar-refractivity contribution in [2.24, 2.45) is 0 Å². The maximum atomic E-state index is 12.3. The summed E-state index contributed by atoms with van der Waals surface area (Å²) in [6.07, 6.45) is 2.70. The number of rotatable bonds is 10. The molecule has 0 saturated heterocycles. The molecule has 0 atom stereocenters. The number of nitrogens with zero attached hydrogens (tertiary/aromatic N) is 5. The lowest BCUT2D eigenvalue weighted by Crippen LogP contribution is -2.32. The van der Waals surface area contributed by atoms with E-state index in [4.69, 9.17) is 4.74 Å². The molecule has 0 unspecified atom stereocenters. The van der Waals surface area contributed by atoms with Crippen molar-refractivity contribution < 1.29 is 18.3 Å². The summed E-state index contributed by atoms with van der Waals surface area (Å²) >= 11 is 0. The molecule has 0 aliphatic carbocycles. The molecule has 0 spiro atoms. The van der Waals surface area contributed by atoms with Crippen LogP contribution in [0.5, 0.6) is 5.88 Å². The molecule has 3 aromatic heterocycles. The van der Waals surface area contributed by atoms with Gasteiger partial charge < -0.3 is 15.0 Å². The summed E-state index contributed by atoms with van der Waals surface area (Å²) in [6, 6.07) is 3.63. The lowest BCUT2D eigenvalue weighted by Gasteiger charge is -2.10. The zero-order chi connectivity index (χ0) is 22.4. The van der Waals surface area contributed by atoms with Gasteiger partial charge in [0.05, 0.1) is 24.2 Å². The molecule has 0 saturated carbocycles. The van der Waals surface area contributed by atoms with Gasteiger partial charge in [-0.15, -0.1) is 0 Å². The minimum absolute atomic E-state index is 0.0891. The van der Waals surface area contributed by atoms with Gasteiger partial charge in [0.1, 0.15) is 0 Å². The van der Waals surface area contributed by atoms with Crippen LogP contribution in [-0.4, -0.2) is 70.8 Å². The summed E-state index contributed by atoms with van der Waals surface area (Å²) in [7, 11) is 3.90. The van der Waals surface area contributed by atoms with Gasteiger partial charge in [0, 0.05) is 42.6 Å². The fourth-order valence-electron chi connectivity index (χ4n) is 3.09. The Hall–Kier alpha value is -3.14. The number of hydrogen-bond donors (Lipinski definition) is 1. The van der Waals surface area contributed by atoms with Crippen LogP contribution >= 0.6 is 0 Å². The number of aromatic nitrogens is 4. The second-order valence-corrected chi connectivity index (χ2v) is 7.51. The van der Waals surface area contributed by atoms with Gasteiger partial charge in [0.15, 0.2) is 6.61 Å². The van der Waals surface area contributed by atoms with Gasteiger partial charge in [-0.3, -0.25) is 14.5 Å². The summed E-state index contributed by atoms with van der Waals surface area (Å²) in [5.41, 5.74) is 2.93. The molecule has 0 fully saturated rings. The maximum absolute atomic E-state index is 12.3. The Morgan fingerprint density at radius 2 is 2.13 bits per heavy atom. The molecule has 1 N–H and O–H groups in total. The normalized spacial score (nSPS) is 11.5. The smallest absolute Gasteiger partial charge is 0.272 e. The van der Waals surface area contributed by atoms with Crippen LogP contribution in [0, 0.1) is 6.92 Å². The zero-order valence-electron chi connectivity index (χ0n) is 17.8. The van der Waals surface area contributed by atoms with E-state index in [0.717, 1.165) is 23.0 Å². The van der Waals surface area contributed by atoms with Crippen LogP contribution in [0.25, 0.3) is 10.9 Å². The first kappa shape index (κ1) is 22.5. The van der Waals surface area contributed by atoms with E-state index < -0.39 is 13.0 Å². The number of alkyl halides is 2. The molecule has 10 heteroatoms. The lowest BCUT2D eigenvalue weighted by atomic mass is 10.2. The molecule has 0 aromatic carbocycles. The number of aryl methyl sites for hydroxylation is 1. The van der Waals surface area contributed by atoms with Gasteiger partial charge in [-0.2, -0.15) is 5.10 Å². The largest absolute Gasteiger partial charge is 0.471 e. The average molecular weight is 432 g/mol. The van der Waals surface area contributed by atoms with Crippen molar-refractivity contribution in [3.05, 3.63) is 47.5 Å². The van der Waals surface area contributed by atoms with E-state index in [2.05, 4.69) is 20.4 Å². The van der Waals surface area contributed by atoms with Crippen molar-refractivity contribution in [2.75, 3.05) is 33.8 Å². The van der Waals surface area contributed by atoms with E-state index >= 15 is 0 Å². The number of carbonyl (C=O) groups excluding carboxylic acids is 1. The molecule has 31 heavy (non-hydrogen) atoms. The summed E-state index contributed by atoms with van der Waals surface area (Å²) in [5, 5.41) is 8.25.